The summed E-state index contributed by atoms with van der Waals surface area (Å²) in [6.07, 6.45) is 5.26. The Balaban J connectivity index is 1.63. The molecule has 2 aromatic rings. The van der Waals surface area contributed by atoms with Crippen molar-refractivity contribution in [2.75, 3.05) is 19.8 Å². The monoisotopic (exact) mass is 324 g/mol. The van der Waals surface area contributed by atoms with E-state index in [1.54, 1.807) is 0 Å². The van der Waals surface area contributed by atoms with E-state index in [4.69, 9.17) is 4.74 Å². The molecule has 0 spiro atoms. The first-order chi connectivity index (χ1) is 11.6. The van der Waals surface area contributed by atoms with Crippen LogP contribution in [0.2, 0.25) is 0 Å². The molecule has 0 bridgehead atoms. The van der Waals surface area contributed by atoms with Crippen molar-refractivity contribution in [1.82, 2.24) is 9.47 Å². The number of fused-ring (bicyclic) bond motifs is 1. The maximum absolute atomic E-state index is 12.8. The van der Waals surface area contributed by atoms with Crippen LogP contribution in [0.5, 0.6) is 0 Å². The number of nitrogens with zero attached hydrogens (tertiary/aromatic N) is 2. The van der Waals surface area contributed by atoms with E-state index in [2.05, 4.69) is 0 Å². The van der Waals surface area contributed by atoms with Gasteiger partial charge in [0.2, 0.25) is 0 Å². The van der Waals surface area contributed by atoms with Crippen molar-refractivity contribution >= 4 is 28.3 Å². The van der Waals surface area contributed by atoms with Crippen molar-refractivity contribution in [2.45, 2.75) is 12.8 Å². The average Bonchev–Trinajstić information content (AvgIpc) is 3.11. The summed E-state index contributed by atoms with van der Waals surface area (Å²) >= 11 is 0. The van der Waals surface area contributed by atoms with Crippen LogP contribution in [-0.2, 0) is 21.4 Å². The summed E-state index contributed by atoms with van der Waals surface area (Å²) in [7, 11) is 1.97. The molecule has 0 radical (unpaired) electrons. The minimum absolute atomic E-state index is 0.178. The molecule has 2 amide bonds. The van der Waals surface area contributed by atoms with Gasteiger partial charge in [-0.05, 0) is 36.5 Å². The fraction of sp³-hybridized carbons (Fsp3) is 0.368. The second kappa shape index (κ2) is 5.91. The molecule has 0 atom stereocenters. The topological polar surface area (TPSA) is 51.5 Å². The molecular formula is C19H20N2O3. The van der Waals surface area contributed by atoms with Gasteiger partial charge in [-0.2, -0.15) is 0 Å². The van der Waals surface area contributed by atoms with Gasteiger partial charge in [-0.15, -0.1) is 0 Å². The summed E-state index contributed by atoms with van der Waals surface area (Å²) < 4.78 is 7.37. The van der Waals surface area contributed by atoms with Crippen LogP contribution in [0.1, 0.15) is 18.4 Å². The molecular weight excluding hydrogens is 304 g/mol. The second-order valence-electron chi connectivity index (χ2n) is 6.53. The normalized spacial score (nSPS) is 19.4. The van der Waals surface area contributed by atoms with Crippen molar-refractivity contribution in [3.05, 3.63) is 42.1 Å². The zero-order valence-electron chi connectivity index (χ0n) is 13.7. The Kier molecular flexibility index (Phi) is 3.73. The number of carbonyl (C=O) groups is 2. The predicted octanol–water partition coefficient (Wildman–Crippen LogP) is 2.36. The summed E-state index contributed by atoms with van der Waals surface area (Å²) in [5.41, 5.74) is 2.39. The third-order valence-corrected chi connectivity index (χ3v) is 5.01. The van der Waals surface area contributed by atoms with E-state index in [1.165, 1.54) is 11.0 Å². The Labute approximate surface area is 140 Å². The molecule has 1 aromatic heterocycles. The van der Waals surface area contributed by atoms with Gasteiger partial charge in [0.05, 0.1) is 5.57 Å². The van der Waals surface area contributed by atoms with Gasteiger partial charge in [0.15, 0.2) is 0 Å². The molecule has 0 saturated carbocycles. The van der Waals surface area contributed by atoms with E-state index >= 15 is 0 Å². The molecule has 3 heterocycles. The Morgan fingerprint density at radius 2 is 1.96 bits per heavy atom. The summed E-state index contributed by atoms with van der Waals surface area (Å²) in [6.45, 7) is 1.92. The lowest BCUT2D eigenvalue weighted by molar-refractivity contribution is -0.137. The van der Waals surface area contributed by atoms with Crippen molar-refractivity contribution in [3.8, 4) is 0 Å². The third-order valence-electron chi connectivity index (χ3n) is 5.01. The number of hydrogen-bond donors (Lipinski definition) is 0. The first-order valence-corrected chi connectivity index (χ1v) is 8.35. The smallest absolute Gasteiger partial charge is 0.261 e. The molecule has 2 aliphatic heterocycles. The Hall–Kier alpha value is -2.40. The quantitative estimate of drug-likeness (QED) is 0.815. The minimum Gasteiger partial charge on any atom is -0.381 e. The van der Waals surface area contributed by atoms with Crippen molar-refractivity contribution < 1.29 is 14.3 Å². The Bertz CT molecular complexity index is 843. The summed E-state index contributed by atoms with van der Waals surface area (Å²) in [4.78, 5) is 26.6. The van der Waals surface area contributed by atoms with E-state index in [-0.39, 0.29) is 11.8 Å². The number of aryl methyl sites for hydroxylation is 1. The van der Waals surface area contributed by atoms with Crippen LogP contribution in [0.4, 0.5) is 0 Å². The fourth-order valence-corrected chi connectivity index (χ4v) is 3.60. The molecule has 4 rings (SSSR count). The molecule has 0 unspecified atom stereocenters. The third kappa shape index (κ3) is 2.45. The molecule has 2 aliphatic rings. The van der Waals surface area contributed by atoms with E-state index < -0.39 is 0 Å². The van der Waals surface area contributed by atoms with E-state index in [0.717, 1.165) is 29.3 Å². The number of carbonyl (C=O) groups excluding carboxylic acids is 2. The van der Waals surface area contributed by atoms with E-state index in [1.807, 2.05) is 42.1 Å². The molecule has 0 aliphatic carbocycles. The molecule has 0 N–H and O–H groups in total. The van der Waals surface area contributed by atoms with Gasteiger partial charge in [0.25, 0.3) is 11.8 Å². The van der Waals surface area contributed by atoms with Gasteiger partial charge in [0, 0.05) is 50.0 Å². The van der Waals surface area contributed by atoms with Gasteiger partial charge in [0.1, 0.15) is 0 Å². The standard InChI is InChI=1S/C19H20N2O3/c1-20-8-5-15-14(3-2-4-17(15)20)16-11-18(22)21(19(16)23)12-13-6-9-24-10-7-13/h2-5,8,11,13H,6-7,9-10,12H2,1H3. The molecule has 24 heavy (non-hydrogen) atoms. The van der Waals surface area contributed by atoms with Crippen molar-refractivity contribution in [3.63, 3.8) is 0 Å². The lowest BCUT2D eigenvalue weighted by atomic mass is 9.99. The summed E-state index contributed by atoms with van der Waals surface area (Å²) in [5, 5.41) is 1.00. The van der Waals surface area contributed by atoms with Crippen LogP contribution >= 0.6 is 0 Å². The number of imide groups is 1. The van der Waals surface area contributed by atoms with Crippen LogP contribution in [0.3, 0.4) is 0 Å². The molecule has 1 aromatic carbocycles. The molecule has 5 nitrogen and oxygen atoms in total. The second-order valence-corrected chi connectivity index (χ2v) is 6.53. The van der Waals surface area contributed by atoms with Crippen LogP contribution in [0, 0.1) is 5.92 Å². The van der Waals surface area contributed by atoms with Crippen LogP contribution in [0.25, 0.3) is 16.5 Å². The van der Waals surface area contributed by atoms with Gasteiger partial charge < -0.3 is 9.30 Å². The lowest BCUT2D eigenvalue weighted by Crippen LogP contribution is -2.37. The fourth-order valence-electron chi connectivity index (χ4n) is 3.60. The highest BCUT2D eigenvalue weighted by molar-refractivity contribution is 6.34. The molecule has 1 fully saturated rings. The number of rotatable bonds is 3. The molecule has 124 valence electrons. The summed E-state index contributed by atoms with van der Waals surface area (Å²) in [5.74, 6) is -0.0378. The molecule has 5 heteroatoms. The maximum Gasteiger partial charge on any atom is 0.261 e. The van der Waals surface area contributed by atoms with Gasteiger partial charge in [-0.3, -0.25) is 14.5 Å². The van der Waals surface area contributed by atoms with E-state index in [0.29, 0.717) is 31.2 Å². The average molecular weight is 324 g/mol. The predicted molar refractivity (Wildman–Crippen MR) is 91.2 cm³/mol. The highest BCUT2D eigenvalue weighted by atomic mass is 16.5. The zero-order valence-corrected chi connectivity index (χ0v) is 13.7. The van der Waals surface area contributed by atoms with Gasteiger partial charge >= 0.3 is 0 Å². The Morgan fingerprint density at radius 1 is 1.17 bits per heavy atom. The maximum atomic E-state index is 12.8. The Morgan fingerprint density at radius 3 is 2.75 bits per heavy atom. The number of amides is 2. The lowest BCUT2D eigenvalue weighted by Gasteiger charge is -2.26. The van der Waals surface area contributed by atoms with Crippen LogP contribution < -0.4 is 0 Å². The van der Waals surface area contributed by atoms with Gasteiger partial charge in [-0.25, -0.2) is 0 Å². The zero-order chi connectivity index (χ0) is 16.7. The number of aromatic nitrogens is 1. The van der Waals surface area contributed by atoms with Crippen molar-refractivity contribution in [2.24, 2.45) is 13.0 Å². The first kappa shape index (κ1) is 15.1. The minimum atomic E-state index is -0.200. The van der Waals surface area contributed by atoms with Crippen LogP contribution in [-0.4, -0.2) is 41.0 Å². The van der Waals surface area contributed by atoms with E-state index in [9.17, 15) is 9.59 Å². The summed E-state index contributed by atoms with van der Waals surface area (Å²) in [6, 6.07) is 7.85. The van der Waals surface area contributed by atoms with Crippen molar-refractivity contribution in [1.29, 1.82) is 0 Å². The highest BCUT2D eigenvalue weighted by Crippen LogP contribution is 2.31. The van der Waals surface area contributed by atoms with Crippen LogP contribution in [0.15, 0.2) is 36.5 Å². The largest absolute Gasteiger partial charge is 0.381 e. The highest BCUT2D eigenvalue weighted by Gasteiger charge is 2.34. The number of benzene rings is 1. The number of ether oxygens (including phenoxy) is 1. The van der Waals surface area contributed by atoms with Gasteiger partial charge in [-0.1, -0.05) is 12.1 Å². The number of hydrogen-bond acceptors (Lipinski definition) is 3. The molecule has 1 saturated heterocycles. The SMILES string of the molecule is Cn1ccc2c(C3=CC(=O)N(CC4CCOCC4)C3=O)cccc21. The first-order valence-electron chi connectivity index (χ1n) is 8.35.